The molecule has 2 heteroatoms. The van der Waals surface area contributed by atoms with E-state index in [0.29, 0.717) is 19.3 Å². The lowest BCUT2D eigenvalue weighted by atomic mass is 9.78. The number of rotatable bonds is 8. The smallest absolute Gasteiger partial charge is 0.115 e. The molecule has 31 heavy (non-hydrogen) atoms. The molecule has 0 radical (unpaired) electrons. The quantitative estimate of drug-likeness (QED) is 0.374. The number of hydrogen-bond acceptors (Lipinski definition) is 2. The third-order valence-corrected chi connectivity index (χ3v) is 6.08. The molecular formula is C29H28O2. The number of benzene rings is 4. The Balaban J connectivity index is 1.64. The van der Waals surface area contributed by atoms with Crippen molar-refractivity contribution in [2.75, 3.05) is 0 Å². The summed E-state index contributed by atoms with van der Waals surface area (Å²) in [6, 6.07) is 39.2. The highest BCUT2D eigenvalue weighted by Gasteiger charge is 2.35. The predicted octanol–water partition coefficient (Wildman–Crippen LogP) is 6.03. The maximum Gasteiger partial charge on any atom is 0.115 e. The van der Waals surface area contributed by atoms with Crippen molar-refractivity contribution in [2.45, 2.75) is 30.5 Å². The molecule has 0 amide bonds. The zero-order valence-corrected chi connectivity index (χ0v) is 17.6. The molecule has 156 valence electrons. The largest absolute Gasteiger partial charge is 0.380 e. The van der Waals surface area contributed by atoms with Gasteiger partial charge in [-0.2, -0.15) is 0 Å². The first kappa shape index (κ1) is 21.0. The highest BCUT2D eigenvalue weighted by Crippen LogP contribution is 2.39. The van der Waals surface area contributed by atoms with Crippen molar-refractivity contribution in [2.24, 2.45) is 0 Å². The Bertz CT molecular complexity index is 893. The highest BCUT2D eigenvalue weighted by atomic mass is 16.3. The minimum absolute atomic E-state index is 0.503. The third-order valence-electron chi connectivity index (χ3n) is 6.08. The molecule has 0 atom stereocenters. The van der Waals surface area contributed by atoms with E-state index in [1.807, 2.05) is 121 Å². The lowest BCUT2D eigenvalue weighted by molar-refractivity contribution is 0.0401. The lowest BCUT2D eigenvalue weighted by Gasteiger charge is -2.33. The molecule has 0 bridgehead atoms. The second kappa shape index (κ2) is 9.30. The van der Waals surface area contributed by atoms with Crippen LogP contribution in [-0.4, -0.2) is 10.2 Å². The van der Waals surface area contributed by atoms with Gasteiger partial charge in [-0.1, -0.05) is 121 Å². The van der Waals surface area contributed by atoms with Crippen LogP contribution in [0, 0.1) is 0 Å². The minimum atomic E-state index is -1.11. The Hall–Kier alpha value is -3.20. The molecule has 0 aliphatic heterocycles. The Morgan fingerprint density at radius 3 is 0.839 bits per heavy atom. The third kappa shape index (κ3) is 4.46. The van der Waals surface area contributed by atoms with E-state index in [4.69, 9.17) is 0 Å². The van der Waals surface area contributed by atoms with E-state index in [1.165, 1.54) is 0 Å². The molecule has 4 aromatic rings. The molecule has 0 fully saturated rings. The van der Waals surface area contributed by atoms with Gasteiger partial charge in [0.1, 0.15) is 11.2 Å². The molecular weight excluding hydrogens is 380 g/mol. The van der Waals surface area contributed by atoms with E-state index in [2.05, 4.69) is 0 Å². The first-order valence-electron chi connectivity index (χ1n) is 10.8. The lowest BCUT2D eigenvalue weighted by Crippen LogP contribution is -2.31. The molecule has 0 heterocycles. The van der Waals surface area contributed by atoms with Gasteiger partial charge in [0.2, 0.25) is 0 Å². The standard InChI is InChI=1S/C29H28O2/c30-28(24-14-5-1-6-15-24,25-16-7-2-8-17-25)22-13-23-29(31,26-18-9-3-10-19-26)27-20-11-4-12-21-27/h1-12,14-21,30-31H,13,22-23H2. The first-order chi connectivity index (χ1) is 15.1. The van der Waals surface area contributed by atoms with Crippen LogP contribution >= 0.6 is 0 Å². The highest BCUT2D eigenvalue weighted by molar-refractivity contribution is 5.37. The summed E-state index contributed by atoms with van der Waals surface area (Å²) < 4.78 is 0. The van der Waals surface area contributed by atoms with Crippen LogP contribution in [0.4, 0.5) is 0 Å². The predicted molar refractivity (Wildman–Crippen MR) is 126 cm³/mol. The van der Waals surface area contributed by atoms with Crippen LogP contribution in [0.3, 0.4) is 0 Å². The van der Waals surface area contributed by atoms with E-state index in [1.54, 1.807) is 0 Å². The summed E-state index contributed by atoms with van der Waals surface area (Å²) in [4.78, 5) is 0. The van der Waals surface area contributed by atoms with Crippen LogP contribution in [0.2, 0.25) is 0 Å². The molecule has 0 unspecified atom stereocenters. The number of aliphatic hydroxyl groups is 2. The molecule has 0 aliphatic rings. The summed E-state index contributed by atoms with van der Waals surface area (Å²) in [5.74, 6) is 0. The van der Waals surface area contributed by atoms with Gasteiger partial charge in [-0.3, -0.25) is 0 Å². The van der Waals surface area contributed by atoms with Gasteiger partial charge in [0.05, 0.1) is 0 Å². The normalized spacial score (nSPS) is 11.9. The van der Waals surface area contributed by atoms with Gasteiger partial charge in [0.15, 0.2) is 0 Å². The van der Waals surface area contributed by atoms with Crippen molar-refractivity contribution in [3.8, 4) is 0 Å². The van der Waals surface area contributed by atoms with Gasteiger partial charge in [0.25, 0.3) is 0 Å². The van der Waals surface area contributed by atoms with E-state index >= 15 is 0 Å². The van der Waals surface area contributed by atoms with Crippen LogP contribution in [0.5, 0.6) is 0 Å². The van der Waals surface area contributed by atoms with Crippen molar-refractivity contribution in [3.63, 3.8) is 0 Å². The van der Waals surface area contributed by atoms with Crippen LogP contribution < -0.4 is 0 Å². The van der Waals surface area contributed by atoms with Crippen molar-refractivity contribution >= 4 is 0 Å². The molecule has 2 N–H and O–H groups in total. The maximum atomic E-state index is 11.8. The van der Waals surface area contributed by atoms with E-state index in [-0.39, 0.29) is 0 Å². The van der Waals surface area contributed by atoms with Crippen LogP contribution in [0.1, 0.15) is 41.5 Å². The summed E-state index contributed by atoms with van der Waals surface area (Å²) in [5.41, 5.74) is 1.23. The van der Waals surface area contributed by atoms with Crippen LogP contribution in [0.25, 0.3) is 0 Å². The van der Waals surface area contributed by atoms with E-state index in [9.17, 15) is 10.2 Å². The Labute approximate surface area is 184 Å². The average Bonchev–Trinajstić information content (AvgIpc) is 2.86. The summed E-state index contributed by atoms with van der Waals surface area (Å²) in [5, 5.41) is 23.6. The molecule has 0 spiro atoms. The van der Waals surface area contributed by atoms with Crippen molar-refractivity contribution in [1.82, 2.24) is 0 Å². The summed E-state index contributed by atoms with van der Waals surface area (Å²) in [7, 11) is 0. The second-order valence-electron chi connectivity index (χ2n) is 8.04. The summed E-state index contributed by atoms with van der Waals surface area (Å²) >= 11 is 0. The second-order valence-corrected chi connectivity index (χ2v) is 8.04. The molecule has 4 rings (SSSR count). The van der Waals surface area contributed by atoms with Gasteiger partial charge < -0.3 is 10.2 Å². The summed E-state index contributed by atoms with van der Waals surface area (Å²) in [6.07, 6.45) is 1.65. The number of hydrogen-bond donors (Lipinski definition) is 2. The SMILES string of the molecule is OC(CCCC(O)(c1ccccc1)c1ccccc1)(c1ccccc1)c1ccccc1. The fourth-order valence-corrected chi connectivity index (χ4v) is 4.37. The van der Waals surface area contributed by atoms with Crippen molar-refractivity contribution in [3.05, 3.63) is 144 Å². The fraction of sp³-hybridized carbons (Fsp3) is 0.172. The average molecular weight is 409 g/mol. The minimum Gasteiger partial charge on any atom is -0.380 e. The van der Waals surface area contributed by atoms with E-state index < -0.39 is 11.2 Å². The molecule has 0 aromatic heterocycles. The topological polar surface area (TPSA) is 40.5 Å². The Kier molecular flexibility index (Phi) is 6.31. The molecule has 0 aliphatic carbocycles. The zero-order chi connectivity index (χ0) is 21.6. The van der Waals surface area contributed by atoms with E-state index in [0.717, 1.165) is 22.3 Å². The van der Waals surface area contributed by atoms with Crippen LogP contribution in [0.15, 0.2) is 121 Å². The van der Waals surface area contributed by atoms with Crippen LogP contribution in [-0.2, 0) is 11.2 Å². The van der Waals surface area contributed by atoms with Gasteiger partial charge in [0, 0.05) is 0 Å². The van der Waals surface area contributed by atoms with Gasteiger partial charge in [-0.25, -0.2) is 0 Å². The van der Waals surface area contributed by atoms with Gasteiger partial charge >= 0.3 is 0 Å². The van der Waals surface area contributed by atoms with Crippen molar-refractivity contribution < 1.29 is 10.2 Å². The van der Waals surface area contributed by atoms with Gasteiger partial charge in [-0.15, -0.1) is 0 Å². The Morgan fingerprint density at radius 1 is 0.387 bits per heavy atom. The van der Waals surface area contributed by atoms with Crippen molar-refractivity contribution in [1.29, 1.82) is 0 Å². The Morgan fingerprint density at radius 2 is 0.613 bits per heavy atom. The summed E-state index contributed by atoms with van der Waals surface area (Å²) in [6.45, 7) is 0. The molecule has 2 nitrogen and oxygen atoms in total. The molecule has 0 saturated carbocycles. The molecule has 0 saturated heterocycles. The fourth-order valence-electron chi connectivity index (χ4n) is 4.37. The monoisotopic (exact) mass is 408 g/mol. The van der Waals surface area contributed by atoms with Gasteiger partial charge in [-0.05, 0) is 41.5 Å². The first-order valence-corrected chi connectivity index (χ1v) is 10.8. The zero-order valence-electron chi connectivity index (χ0n) is 17.6. The molecule has 4 aromatic carbocycles. The maximum absolute atomic E-state index is 11.8.